The number of ether oxygens (including phenoxy) is 1. The molecule has 0 saturated carbocycles. The van der Waals surface area contributed by atoms with E-state index in [0.717, 1.165) is 35.3 Å². The fourth-order valence-corrected chi connectivity index (χ4v) is 3.19. The third kappa shape index (κ3) is 4.17. The van der Waals surface area contributed by atoms with Crippen molar-refractivity contribution in [2.24, 2.45) is 5.10 Å². The van der Waals surface area contributed by atoms with Gasteiger partial charge in [-0.1, -0.05) is 42.5 Å². The number of morpholine rings is 1. The minimum Gasteiger partial charge on any atom is -0.440 e. The van der Waals surface area contributed by atoms with E-state index in [0.29, 0.717) is 19.0 Å². The highest BCUT2D eigenvalue weighted by Crippen LogP contribution is 2.19. The quantitative estimate of drug-likeness (QED) is 0.559. The smallest absolute Gasteiger partial charge is 0.244 e. The number of furan rings is 1. The molecular formula is C21H21N3O3. The maximum absolute atomic E-state index is 12.2. The number of hydrazone groups is 1. The number of carbonyl (C=O) groups excluding carboxylic acids is 1. The van der Waals surface area contributed by atoms with Crippen LogP contribution < -0.4 is 10.3 Å². The molecule has 6 heteroatoms. The molecule has 0 spiro atoms. The molecule has 1 aliphatic heterocycles. The van der Waals surface area contributed by atoms with E-state index in [2.05, 4.69) is 15.4 Å². The molecule has 6 nitrogen and oxygen atoms in total. The van der Waals surface area contributed by atoms with Crippen LogP contribution in [0.15, 0.2) is 64.1 Å². The molecule has 0 atom stereocenters. The third-order valence-electron chi connectivity index (χ3n) is 4.55. The molecule has 2 heterocycles. The van der Waals surface area contributed by atoms with Gasteiger partial charge in [-0.2, -0.15) is 5.10 Å². The monoisotopic (exact) mass is 363 g/mol. The Morgan fingerprint density at radius 2 is 1.89 bits per heavy atom. The average molecular weight is 363 g/mol. The number of anilines is 1. The van der Waals surface area contributed by atoms with Crippen molar-refractivity contribution in [3.8, 4) is 0 Å². The summed E-state index contributed by atoms with van der Waals surface area (Å²) in [6, 6.07) is 17.7. The molecule has 138 valence electrons. The maximum atomic E-state index is 12.2. The van der Waals surface area contributed by atoms with Crippen molar-refractivity contribution in [3.63, 3.8) is 0 Å². The molecule has 0 unspecified atom stereocenters. The lowest BCUT2D eigenvalue weighted by molar-refractivity contribution is -0.120. The van der Waals surface area contributed by atoms with Crippen molar-refractivity contribution >= 4 is 28.8 Å². The van der Waals surface area contributed by atoms with Gasteiger partial charge in [-0.25, -0.2) is 5.43 Å². The lowest BCUT2D eigenvalue weighted by Crippen LogP contribution is -2.35. The van der Waals surface area contributed by atoms with E-state index in [-0.39, 0.29) is 12.3 Å². The van der Waals surface area contributed by atoms with E-state index in [1.807, 2.05) is 54.6 Å². The average Bonchev–Trinajstić information content (AvgIpc) is 3.18. The molecule has 1 aliphatic rings. The summed E-state index contributed by atoms with van der Waals surface area (Å²) < 4.78 is 11.1. The molecule has 4 rings (SSSR count). The van der Waals surface area contributed by atoms with Gasteiger partial charge < -0.3 is 14.1 Å². The maximum Gasteiger partial charge on any atom is 0.244 e. The van der Waals surface area contributed by atoms with E-state index in [1.165, 1.54) is 6.21 Å². The zero-order valence-corrected chi connectivity index (χ0v) is 14.9. The lowest BCUT2D eigenvalue weighted by atomic mass is 10.0. The summed E-state index contributed by atoms with van der Waals surface area (Å²) in [6.07, 6.45) is 1.79. The van der Waals surface area contributed by atoms with Crippen molar-refractivity contribution < 1.29 is 13.9 Å². The van der Waals surface area contributed by atoms with Crippen LogP contribution in [0.3, 0.4) is 0 Å². The fourth-order valence-electron chi connectivity index (χ4n) is 3.19. The van der Waals surface area contributed by atoms with Gasteiger partial charge in [0.05, 0.1) is 25.8 Å². The van der Waals surface area contributed by atoms with Crippen LogP contribution in [0.2, 0.25) is 0 Å². The standard InChI is InChI=1S/C21H21N3O3/c25-20(14-17-6-3-5-16-4-1-2-7-19(16)17)23-22-15-18-8-9-21(27-18)24-10-12-26-13-11-24/h1-9,15H,10-14H2,(H,23,25)/b22-15+. The molecule has 0 bridgehead atoms. The van der Waals surface area contributed by atoms with E-state index >= 15 is 0 Å². The second-order valence-corrected chi connectivity index (χ2v) is 6.38. The minimum absolute atomic E-state index is 0.164. The third-order valence-corrected chi connectivity index (χ3v) is 4.55. The van der Waals surface area contributed by atoms with Crippen molar-refractivity contribution in [1.82, 2.24) is 5.43 Å². The number of benzene rings is 2. The molecule has 0 radical (unpaired) electrons. The minimum atomic E-state index is -0.164. The summed E-state index contributed by atoms with van der Waals surface area (Å²) >= 11 is 0. The van der Waals surface area contributed by atoms with Gasteiger partial charge in [0.2, 0.25) is 5.91 Å². The first-order valence-electron chi connectivity index (χ1n) is 9.01. The van der Waals surface area contributed by atoms with E-state index in [1.54, 1.807) is 0 Å². The van der Waals surface area contributed by atoms with Crippen LogP contribution in [0.5, 0.6) is 0 Å². The number of nitrogens with one attached hydrogen (secondary N) is 1. The predicted molar refractivity (Wildman–Crippen MR) is 105 cm³/mol. The first kappa shape index (κ1) is 17.3. The van der Waals surface area contributed by atoms with Gasteiger partial charge >= 0.3 is 0 Å². The van der Waals surface area contributed by atoms with Crippen LogP contribution >= 0.6 is 0 Å². The number of hydrogen-bond acceptors (Lipinski definition) is 5. The topological polar surface area (TPSA) is 67.1 Å². The van der Waals surface area contributed by atoms with Crippen LogP contribution in [0.25, 0.3) is 10.8 Å². The number of nitrogens with zero attached hydrogens (tertiary/aromatic N) is 2. The van der Waals surface area contributed by atoms with Gasteiger partial charge in [0, 0.05) is 19.2 Å². The second kappa shape index (κ2) is 8.05. The van der Waals surface area contributed by atoms with Crippen molar-refractivity contribution in [2.45, 2.75) is 6.42 Å². The number of hydrogen-bond donors (Lipinski definition) is 1. The fraction of sp³-hybridized carbons (Fsp3) is 0.238. The molecule has 2 aromatic carbocycles. The van der Waals surface area contributed by atoms with Crippen LogP contribution in [0.4, 0.5) is 5.88 Å². The number of carbonyl (C=O) groups is 1. The molecule has 1 fully saturated rings. The summed E-state index contributed by atoms with van der Waals surface area (Å²) in [5, 5.41) is 6.22. The lowest BCUT2D eigenvalue weighted by Gasteiger charge is -2.26. The molecule has 27 heavy (non-hydrogen) atoms. The van der Waals surface area contributed by atoms with Gasteiger partial charge in [0.1, 0.15) is 5.76 Å². The molecule has 1 N–H and O–H groups in total. The summed E-state index contributed by atoms with van der Waals surface area (Å²) in [6.45, 7) is 3.03. The summed E-state index contributed by atoms with van der Waals surface area (Å²) in [5.41, 5.74) is 3.55. The second-order valence-electron chi connectivity index (χ2n) is 6.38. The molecule has 1 saturated heterocycles. The van der Waals surface area contributed by atoms with Gasteiger partial charge in [-0.05, 0) is 22.4 Å². The Labute approximate surface area is 157 Å². The van der Waals surface area contributed by atoms with Crippen LogP contribution in [0.1, 0.15) is 11.3 Å². The highest BCUT2D eigenvalue weighted by atomic mass is 16.5. The van der Waals surface area contributed by atoms with Crippen LogP contribution in [-0.2, 0) is 16.0 Å². The molecule has 1 aromatic heterocycles. The number of amides is 1. The Morgan fingerprint density at radius 3 is 2.78 bits per heavy atom. The summed E-state index contributed by atoms with van der Waals surface area (Å²) in [7, 11) is 0. The first-order chi connectivity index (χ1) is 13.3. The zero-order chi connectivity index (χ0) is 18.5. The zero-order valence-electron chi connectivity index (χ0n) is 14.9. The van der Waals surface area contributed by atoms with Gasteiger partial charge in [0.15, 0.2) is 5.88 Å². The van der Waals surface area contributed by atoms with Crippen molar-refractivity contribution in [3.05, 3.63) is 65.9 Å². The van der Waals surface area contributed by atoms with Crippen molar-refractivity contribution in [1.29, 1.82) is 0 Å². The summed E-state index contributed by atoms with van der Waals surface area (Å²) in [5.74, 6) is 1.23. The Morgan fingerprint density at radius 1 is 1.07 bits per heavy atom. The van der Waals surface area contributed by atoms with E-state index < -0.39 is 0 Å². The highest BCUT2D eigenvalue weighted by Gasteiger charge is 2.14. The Balaban J connectivity index is 1.35. The summed E-state index contributed by atoms with van der Waals surface area (Å²) in [4.78, 5) is 14.3. The van der Waals surface area contributed by atoms with Gasteiger partial charge in [-0.15, -0.1) is 0 Å². The SMILES string of the molecule is O=C(Cc1cccc2ccccc12)N/N=C/c1ccc(N2CCOCC2)o1. The molecule has 0 aliphatic carbocycles. The number of fused-ring (bicyclic) bond motifs is 1. The number of rotatable bonds is 5. The Kier molecular flexibility index (Phi) is 5.16. The Bertz CT molecular complexity index is 953. The first-order valence-corrected chi connectivity index (χ1v) is 9.01. The van der Waals surface area contributed by atoms with E-state index in [4.69, 9.17) is 9.15 Å². The van der Waals surface area contributed by atoms with Crippen molar-refractivity contribution in [2.75, 3.05) is 31.2 Å². The molecular weight excluding hydrogens is 342 g/mol. The molecule has 3 aromatic rings. The van der Waals surface area contributed by atoms with Gasteiger partial charge in [0.25, 0.3) is 0 Å². The predicted octanol–water partition coefficient (Wildman–Crippen LogP) is 2.96. The van der Waals surface area contributed by atoms with E-state index in [9.17, 15) is 4.79 Å². The largest absolute Gasteiger partial charge is 0.440 e. The van der Waals surface area contributed by atoms with Gasteiger partial charge in [-0.3, -0.25) is 4.79 Å². The highest BCUT2D eigenvalue weighted by molar-refractivity contribution is 5.90. The Hall–Kier alpha value is -3.12. The van der Waals surface area contributed by atoms with Crippen LogP contribution in [-0.4, -0.2) is 38.4 Å². The normalized spacial score (nSPS) is 14.7. The van der Waals surface area contributed by atoms with Crippen LogP contribution in [0, 0.1) is 0 Å². The molecule has 1 amide bonds.